The van der Waals surface area contributed by atoms with Gasteiger partial charge in [0.2, 0.25) is 0 Å². The van der Waals surface area contributed by atoms with Crippen LogP contribution in [0.25, 0.3) is 0 Å². The maximum Gasteiger partial charge on any atom is 0.259 e. The van der Waals surface area contributed by atoms with Gasteiger partial charge in [-0.2, -0.15) is 0 Å². The normalized spacial score (nSPS) is 10.5. The second-order valence-corrected chi connectivity index (χ2v) is 4.65. The average Bonchev–Trinajstić information content (AvgIpc) is 2.90. The molecule has 0 aliphatic rings. The van der Waals surface area contributed by atoms with Gasteiger partial charge in [0.1, 0.15) is 11.3 Å². The third kappa shape index (κ3) is 3.45. The molecule has 2 N–H and O–H groups in total. The number of benzene rings is 1. The van der Waals surface area contributed by atoms with Crippen LogP contribution in [0.15, 0.2) is 41.1 Å². The molecule has 0 atom stereocenters. The number of nitrogens with two attached hydrogens (primary N) is 1. The Morgan fingerprint density at radius 3 is 2.70 bits per heavy atom. The highest BCUT2D eigenvalue weighted by Gasteiger charge is 2.20. The highest BCUT2D eigenvalue weighted by molar-refractivity contribution is 5.94. The molecule has 0 aliphatic carbocycles. The van der Waals surface area contributed by atoms with Crippen molar-refractivity contribution in [2.45, 2.75) is 19.9 Å². The number of amides is 1. The molecule has 5 heteroatoms. The Hall–Kier alpha value is -2.14. The average molecular weight is 273 g/mol. The number of nitrogens with zero attached hydrogens (tertiary/aromatic N) is 2. The van der Waals surface area contributed by atoms with E-state index in [2.05, 4.69) is 5.16 Å². The maximum absolute atomic E-state index is 12.5. The fourth-order valence-corrected chi connectivity index (χ4v) is 2.01. The molecule has 0 bridgehead atoms. The lowest BCUT2D eigenvalue weighted by Crippen LogP contribution is -2.32. The molecule has 1 heterocycles. The third-order valence-electron chi connectivity index (χ3n) is 3.12. The summed E-state index contributed by atoms with van der Waals surface area (Å²) in [6.45, 7) is 3.48. The molecule has 0 unspecified atom stereocenters. The summed E-state index contributed by atoms with van der Waals surface area (Å²) >= 11 is 0. The Bertz CT molecular complexity index is 551. The van der Waals surface area contributed by atoms with E-state index in [0.717, 1.165) is 12.0 Å². The molecule has 0 spiro atoms. The number of hydrogen-bond acceptors (Lipinski definition) is 4. The molecule has 5 nitrogen and oxygen atoms in total. The predicted molar refractivity (Wildman–Crippen MR) is 76.1 cm³/mol. The largest absolute Gasteiger partial charge is 0.361 e. The SMILES string of the molecule is Cc1oncc1C(=O)N(CCCN)Cc1ccccc1. The Labute approximate surface area is 118 Å². The molecular weight excluding hydrogens is 254 g/mol. The van der Waals surface area contributed by atoms with Crippen LogP contribution in [0.2, 0.25) is 0 Å². The quantitative estimate of drug-likeness (QED) is 0.873. The summed E-state index contributed by atoms with van der Waals surface area (Å²) in [6.07, 6.45) is 2.24. The van der Waals surface area contributed by atoms with Crippen LogP contribution in [0, 0.1) is 6.92 Å². The van der Waals surface area contributed by atoms with Crippen molar-refractivity contribution in [3.63, 3.8) is 0 Å². The minimum atomic E-state index is -0.0685. The molecule has 0 saturated carbocycles. The van der Waals surface area contributed by atoms with Gasteiger partial charge in [0.05, 0.1) is 6.20 Å². The lowest BCUT2D eigenvalue weighted by molar-refractivity contribution is 0.0740. The number of rotatable bonds is 6. The van der Waals surface area contributed by atoms with Gasteiger partial charge >= 0.3 is 0 Å². The number of aromatic nitrogens is 1. The van der Waals surface area contributed by atoms with E-state index < -0.39 is 0 Å². The molecule has 106 valence electrons. The van der Waals surface area contributed by atoms with Crippen LogP contribution in [-0.2, 0) is 6.54 Å². The van der Waals surface area contributed by atoms with E-state index in [9.17, 15) is 4.79 Å². The molecule has 0 radical (unpaired) electrons. The van der Waals surface area contributed by atoms with Gasteiger partial charge in [-0.25, -0.2) is 0 Å². The first-order valence-corrected chi connectivity index (χ1v) is 6.67. The standard InChI is InChI=1S/C15H19N3O2/c1-12-14(10-17-20-12)15(19)18(9-5-8-16)11-13-6-3-2-4-7-13/h2-4,6-7,10H,5,8-9,11,16H2,1H3. The lowest BCUT2D eigenvalue weighted by atomic mass is 10.1. The summed E-state index contributed by atoms with van der Waals surface area (Å²) in [5, 5.41) is 3.67. The topological polar surface area (TPSA) is 72.4 Å². The highest BCUT2D eigenvalue weighted by Crippen LogP contribution is 2.13. The lowest BCUT2D eigenvalue weighted by Gasteiger charge is -2.22. The van der Waals surface area contributed by atoms with Crippen LogP contribution in [-0.4, -0.2) is 29.1 Å². The second-order valence-electron chi connectivity index (χ2n) is 4.65. The van der Waals surface area contributed by atoms with E-state index in [-0.39, 0.29) is 5.91 Å². The highest BCUT2D eigenvalue weighted by atomic mass is 16.5. The van der Waals surface area contributed by atoms with Crippen LogP contribution in [0.4, 0.5) is 0 Å². The minimum absolute atomic E-state index is 0.0685. The molecule has 1 aromatic carbocycles. The van der Waals surface area contributed by atoms with Gasteiger partial charge < -0.3 is 15.2 Å². The molecule has 2 rings (SSSR count). The number of hydrogen-bond donors (Lipinski definition) is 1. The summed E-state index contributed by atoms with van der Waals surface area (Å²) in [5.74, 6) is 0.474. The molecule has 0 fully saturated rings. The van der Waals surface area contributed by atoms with Gasteiger partial charge in [0, 0.05) is 13.1 Å². The maximum atomic E-state index is 12.5. The van der Waals surface area contributed by atoms with Crippen molar-refractivity contribution in [3.8, 4) is 0 Å². The first-order chi connectivity index (χ1) is 9.72. The van der Waals surface area contributed by atoms with Gasteiger partial charge in [0.25, 0.3) is 5.91 Å². The molecule has 0 aliphatic heterocycles. The number of carbonyl (C=O) groups excluding carboxylic acids is 1. The van der Waals surface area contributed by atoms with Gasteiger partial charge in [-0.3, -0.25) is 4.79 Å². The first-order valence-electron chi connectivity index (χ1n) is 6.67. The van der Waals surface area contributed by atoms with Crippen molar-refractivity contribution < 1.29 is 9.32 Å². The fraction of sp³-hybridized carbons (Fsp3) is 0.333. The molecular formula is C15H19N3O2. The van der Waals surface area contributed by atoms with Crippen LogP contribution in [0.5, 0.6) is 0 Å². The van der Waals surface area contributed by atoms with Gasteiger partial charge in [-0.1, -0.05) is 35.5 Å². The van der Waals surface area contributed by atoms with Crippen LogP contribution >= 0.6 is 0 Å². The van der Waals surface area contributed by atoms with Gasteiger partial charge in [-0.15, -0.1) is 0 Å². The number of carbonyl (C=O) groups is 1. The zero-order valence-corrected chi connectivity index (χ0v) is 11.6. The van der Waals surface area contributed by atoms with E-state index in [1.54, 1.807) is 11.8 Å². The Kier molecular flexibility index (Phi) is 4.90. The van der Waals surface area contributed by atoms with Crippen LogP contribution in [0.3, 0.4) is 0 Å². The van der Waals surface area contributed by atoms with Gasteiger partial charge in [-0.05, 0) is 25.5 Å². The fourth-order valence-electron chi connectivity index (χ4n) is 2.01. The van der Waals surface area contributed by atoms with E-state index in [1.807, 2.05) is 30.3 Å². The first kappa shape index (κ1) is 14.3. The summed E-state index contributed by atoms with van der Waals surface area (Å²) in [6, 6.07) is 9.89. The van der Waals surface area contributed by atoms with Crippen molar-refractivity contribution >= 4 is 5.91 Å². The molecule has 2 aromatic rings. The Morgan fingerprint density at radius 1 is 1.35 bits per heavy atom. The summed E-state index contributed by atoms with van der Waals surface area (Å²) in [7, 11) is 0. The van der Waals surface area contributed by atoms with Crippen molar-refractivity contribution in [1.82, 2.24) is 10.1 Å². The van der Waals surface area contributed by atoms with E-state index in [0.29, 0.717) is 31.0 Å². The Balaban J connectivity index is 2.15. The predicted octanol–water partition coefficient (Wildman–Crippen LogP) is 1.97. The molecule has 0 saturated heterocycles. The third-order valence-corrected chi connectivity index (χ3v) is 3.12. The van der Waals surface area contributed by atoms with Crippen LogP contribution < -0.4 is 5.73 Å². The monoisotopic (exact) mass is 273 g/mol. The van der Waals surface area contributed by atoms with E-state index >= 15 is 0 Å². The van der Waals surface area contributed by atoms with Crippen molar-refractivity contribution in [1.29, 1.82) is 0 Å². The van der Waals surface area contributed by atoms with Crippen molar-refractivity contribution in [3.05, 3.63) is 53.4 Å². The second kappa shape index (κ2) is 6.86. The van der Waals surface area contributed by atoms with E-state index in [4.69, 9.17) is 10.3 Å². The minimum Gasteiger partial charge on any atom is -0.361 e. The zero-order valence-electron chi connectivity index (χ0n) is 11.6. The smallest absolute Gasteiger partial charge is 0.259 e. The summed E-state index contributed by atoms with van der Waals surface area (Å²) < 4.78 is 4.97. The van der Waals surface area contributed by atoms with Crippen LogP contribution in [0.1, 0.15) is 28.1 Å². The van der Waals surface area contributed by atoms with E-state index in [1.165, 1.54) is 6.20 Å². The summed E-state index contributed by atoms with van der Waals surface area (Å²) in [5.41, 5.74) is 7.15. The molecule has 1 aromatic heterocycles. The molecule has 1 amide bonds. The summed E-state index contributed by atoms with van der Waals surface area (Å²) in [4.78, 5) is 14.3. The van der Waals surface area contributed by atoms with Gasteiger partial charge in [0.15, 0.2) is 0 Å². The zero-order chi connectivity index (χ0) is 14.4. The Morgan fingerprint density at radius 2 is 2.10 bits per heavy atom. The van der Waals surface area contributed by atoms with Crippen molar-refractivity contribution in [2.24, 2.45) is 5.73 Å². The van der Waals surface area contributed by atoms with Crippen molar-refractivity contribution in [2.75, 3.05) is 13.1 Å². The number of aryl methyl sites for hydroxylation is 1. The molecule has 20 heavy (non-hydrogen) atoms.